The molecule has 1 aliphatic heterocycles. The molecule has 4 atom stereocenters. The number of hydrogen-bond donors (Lipinski definition) is 2. The van der Waals surface area contributed by atoms with Gasteiger partial charge in [0.2, 0.25) is 11.8 Å². The standard InChI is InChI=1S/C30H47FN2O6/c1-21(2)17-23-18-32(22(3)34)19-27(38-4)28(36)26(35)20-39-16-10-9-15-33(23)29(37)30(13-7-8-14-30)24-11-5-6-12-25(24)31/h5-6,11-12,21,23,26-28,35-36H,7-10,13-20H2,1-4H3/t23-,26-,27-,28-/m1/s1. The zero-order chi connectivity index (χ0) is 28.6. The van der Waals surface area contributed by atoms with Crippen LogP contribution in [0.2, 0.25) is 0 Å². The number of hydrogen-bond acceptors (Lipinski definition) is 6. The number of aliphatic hydroxyl groups excluding tert-OH is 2. The van der Waals surface area contributed by atoms with E-state index in [9.17, 15) is 19.8 Å². The summed E-state index contributed by atoms with van der Waals surface area (Å²) in [5.41, 5.74) is -0.475. The van der Waals surface area contributed by atoms with Crippen LogP contribution in [0.3, 0.4) is 0 Å². The minimum Gasteiger partial charge on any atom is -0.388 e. The van der Waals surface area contributed by atoms with Crippen LogP contribution in [-0.2, 0) is 24.5 Å². The molecule has 2 fully saturated rings. The van der Waals surface area contributed by atoms with E-state index in [1.54, 1.807) is 23.1 Å². The van der Waals surface area contributed by atoms with E-state index in [0.717, 1.165) is 12.8 Å². The molecule has 220 valence electrons. The molecule has 39 heavy (non-hydrogen) atoms. The van der Waals surface area contributed by atoms with Crippen LogP contribution in [0.25, 0.3) is 0 Å². The summed E-state index contributed by atoms with van der Waals surface area (Å²) >= 11 is 0. The van der Waals surface area contributed by atoms with Gasteiger partial charge in [0.15, 0.2) is 0 Å². The molecule has 1 aromatic rings. The summed E-state index contributed by atoms with van der Waals surface area (Å²) in [7, 11) is 1.43. The Bertz CT molecular complexity index is 938. The van der Waals surface area contributed by atoms with E-state index in [4.69, 9.17) is 9.47 Å². The van der Waals surface area contributed by atoms with E-state index in [1.807, 2.05) is 4.90 Å². The van der Waals surface area contributed by atoms with Crippen LogP contribution in [0.15, 0.2) is 24.3 Å². The summed E-state index contributed by atoms with van der Waals surface area (Å²) in [6, 6.07) is 6.30. The Kier molecular flexibility index (Phi) is 11.7. The van der Waals surface area contributed by atoms with Crippen LogP contribution >= 0.6 is 0 Å². The molecule has 2 aliphatic rings. The zero-order valence-electron chi connectivity index (χ0n) is 24.0. The third-order valence-corrected chi connectivity index (χ3v) is 8.28. The number of amides is 2. The van der Waals surface area contributed by atoms with Gasteiger partial charge in [-0.3, -0.25) is 9.59 Å². The SMILES string of the molecule is CO[C@@H]1CN(C(C)=O)C[C@@H](CC(C)C)N(C(=O)C2(c3ccccc3F)CCCC2)CCCCOC[C@@H](O)[C@H]1O. The Hall–Kier alpha value is -2.07. The molecule has 2 amide bonds. The van der Waals surface area contributed by atoms with Crippen molar-refractivity contribution in [1.29, 1.82) is 0 Å². The third-order valence-electron chi connectivity index (χ3n) is 8.28. The molecule has 1 aromatic carbocycles. The lowest BCUT2D eigenvalue weighted by molar-refractivity contribution is -0.145. The molecule has 2 N–H and O–H groups in total. The van der Waals surface area contributed by atoms with Gasteiger partial charge in [-0.2, -0.15) is 0 Å². The fraction of sp³-hybridized carbons (Fsp3) is 0.733. The van der Waals surface area contributed by atoms with Crippen LogP contribution in [0.1, 0.15) is 71.3 Å². The Morgan fingerprint density at radius 1 is 1.13 bits per heavy atom. The van der Waals surface area contributed by atoms with Crippen LogP contribution in [-0.4, -0.2) is 96.1 Å². The largest absolute Gasteiger partial charge is 0.388 e. The normalized spacial score (nSPS) is 27.4. The van der Waals surface area contributed by atoms with Gasteiger partial charge in [-0.1, -0.05) is 44.9 Å². The fourth-order valence-corrected chi connectivity index (χ4v) is 6.16. The summed E-state index contributed by atoms with van der Waals surface area (Å²) in [4.78, 5) is 30.9. The monoisotopic (exact) mass is 550 g/mol. The van der Waals surface area contributed by atoms with Crippen molar-refractivity contribution in [3.8, 4) is 0 Å². The molecule has 8 nitrogen and oxygen atoms in total. The van der Waals surface area contributed by atoms with Crippen LogP contribution < -0.4 is 0 Å². The second kappa shape index (κ2) is 14.5. The van der Waals surface area contributed by atoms with E-state index in [0.29, 0.717) is 50.8 Å². The van der Waals surface area contributed by atoms with Crippen molar-refractivity contribution in [2.45, 2.75) is 95.5 Å². The summed E-state index contributed by atoms with van der Waals surface area (Å²) < 4.78 is 26.3. The lowest BCUT2D eigenvalue weighted by Gasteiger charge is -2.42. The Morgan fingerprint density at radius 2 is 1.82 bits per heavy atom. The minimum absolute atomic E-state index is 0.0547. The molecule has 0 spiro atoms. The van der Waals surface area contributed by atoms with Gasteiger partial charge in [-0.05, 0) is 44.1 Å². The first-order valence-corrected chi connectivity index (χ1v) is 14.4. The van der Waals surface area contributed by atoms with Gasteiger partial charge >= 0.3 is 0 Å². The molecule has 0 aromatic heterocycles. The van der Waals surface area contributed by atoms with Gasteiger partial charge in [0.05, 0.1) is 12.0 Å². The number of aliphatic hydroxyl groups is 2. The predicted octanol–water partition coefficient (Wildman–Crippen LogP) is 3.28. The smallest absolute Gasteiger partial charge is 0.233 e. The average molecular weight is 551 g/mol. The maximum Gasteiger partial charge on any atom is 0.233 e. The maximum atomic E-state index is 15.2. The van der Waals surface area contributed by atoms with Gasteiger partial charge in [0.1, 0.15) is 24.1 Å². The minimum atomic E-state index is -1.25. The van der Waals surface area contributed by atoms with Crippen molar-refractivity contribution >= 4 is 11.8 Å². The predicted molar refractivity (Wildman–Crippen MR) is 147 cm³/mol. The summed E-state index contributed by atoms with van der Waals surface area (Å²) in [6.45, 7) is 6.70. The highest BCUT2D eigenvalue weighted by Crippen LogP contribution is 2.44. The molecule has 0 unspecified atom stereocenters. The Balaban J connectivity index is 2.02. The number of methoxy groups -OCH3 is 1. The number of rotatable bonds is 5. The molecule has 1 saturated heterocycles. The lowest BCUT2D eigenvalue weighted by Crippen LogP contribution is -2.56. The first-order chi connectivity index (χ1) is 18.6. The first kappa shape index (κ1) is 31.5. The fourth-order valence-electron chi connectivity index (χ4n) is 6.16. The number of halogens is 1. The lowest BCUT2D eigenvalue weighted by atomic mass is 9.76. The van der Waals surface area contributed by atoms with E-state index < -0.39 is 23.7 Å². The molecule has 1 saturated carbocycles. The highest BCUT2D eigenvalue weighted by Gasteiger charge is 2.48. The van der Waals surface area contributed by atoms with E-state index in [-0.39, 0.29) is 49.3 Å². The summed E-state index contributed by atoms with van der Waals surface area (Å²) in [5, 5.41) is 21.2. The molecular weight excluding hydrogens is 503 g/mol. The van der Waals surface area contributed by atoms with Gasteiger partial charge in [0.25, 0.3) is 0 Å². The molecule has 1 aliphatic carbocycles. The Labute approximate surface area is 232 Å². The van der Waals surface area contributed by atoms with E-state index in [1.165, 1.54) is 20.1 Å². The molecule has 9 heteroatoms. The summed E-state index contributed by atoms with van der Waals surface area (Å²) in [5.74, 6) is -0.414. The second-order valence-electron chi connectivity index (χ2n) is 11.6. The highest BCUT2D eigenvalue weighted by molar-refractivity contribution is 5.89. The Morgan fingerprint density at radius 3 is 2.44 bits per heavy atom. The quantitative estimate of drug-likeness (QED) is 0.584. The molecule has 1 heterocycles. The van der Waals surface area contributed by atoms with E-state index in [2.05, 4.69) is 13.8 Å². The van der Waals surface area contributed by atoms with E-state index >= 15 is 4.39 Å². The van der Waals surface area contributed by atoms with Crippen molar-refractivity contribution in [1.82, 2.24) is 9.80 Å². The van der Waals surface area contributed by atoms with Crippen molar-refractivity contribution < 1.29 is 33.7 Å². The number of carbonyl (C=O) groups is 2. The van der Waals surface area contributed by atoms with Crippen molar-refractivity contribution in [2.24, 2.45) is 5.92 Å². The van der Waals surface area contributed by atoms with Gasteiger partial charge < -0.3 is 29.5 Å². The van der Waals surface area contributed by atoms with Crippen LogP contribution in [0.5, 0.6) is 0 Å². The molecule has 0 bridgehead atoms. The van der Waals surface area contributed by atoms with Crippen molar-refractivity contribution in [3.63, 3.8) is 0 Å². The summed E-state index contributed by atoms with van der Waals surface area (Å²) in [6.07, 6.45) is 1.62. The third kappa shape index (κ3) is 7.78. The zero-order valence-corrected chi connectivity index (χ0v) is 24.0. The molecular formula is C30H47FN2O6. The number of ether oxygens (including phenoxy) is 2. The highest BCUT2D eigenvalue weighted by atomic mass is 19.1. The van der Waals surface area contributed by atoms with Crippen molar-refractivity contribution in [3.05, 3.63) is 35.6 Å². The van der Waals surface area contributed by atoms with Crippen LogP contribution in [0.4, 0.5) is 4.39 Å². The van der Waals surface area contributed by atoms with Crippen molar-refractivity contribution in [2.75, 3.05) is 40.0 Å². The first-order valence-electron chi connectivity index (χ1n) is 14.4. The van der Waals surface area contributed by atoms with Gasteiger partial charge in [0, 0.05) is 51.9 Å². The van der Waals surface area contributed by atoms with Crippen LogP contribution in [0, 0.1) is 11.7 Å². The van der Waals surface area contributed by atoms with Gasteiger partial charge in [-0.15, -0.1) is 0 Å². The maximum absolute atomic E-state index is 15.2. The number of carbonyl (C=O) groups excluding carboxylic acids is 2. The number of nitrogens with zero attached hydrogens (tertiary/aromatic N) is 2. The average Bonchev–Trinajstić information content (AvgIpc) is 3.39. The molecule has 0 radical (unpaired) electrons. The second-order valence-corrected chi connectivity index (χ2v) is 11.6. The van der Waals surface area contributed by atoms with Gasteiger partial charge in [-0.25, -0.2) is 4.39 Å². The number of benzene rings is 1. The molecule has 3 rings (SSSR count). The topological polar surface area (TPSA) is 99.5 Å².